The summed E-state index contributed by atoms with van der Waals surface area (Å²) in [7, 11) is 0. The van der Waals surface area contributed by atoms with Gasteiger partial charge in [-0.3, -0.25) is 9.69 Å². The number of rotatable bonds is 3. The lowest BCUT2D eigenvalue weighted by atomic mass is 10.1. The van der Waals surface area contributed by atoms with E-state index in [0.29, 0.717) is 31.7 Å². The molecule has 0 radical (unpaired) electrons. The molecule has 1 aromatic rings. The van der Waals surface area contributed by atoms with Gasteiger partial charge in [0.05, 0.1) is 12.1 Å². The maximum Gasteiger partial charge on any atom is 0.253 e. The lowest BCUT2D eigenvalue weighted by Gasteiger charge is -2.36. The lowest BCUT2D eigenvalue weighted by molar-refractivity contribution is 0.0604. The molecule has 1 saturated heterocycles. The summed E-state index contributed by atoms with van der Waals surface area (Å²) in [5, 5.41) is 9.05. The number of hydrogen-bond acceptors (Lipinski definition) is 3. The molecule has 1 fully saturated rings. The minimum Gasteiger partial charge on any atom is -0.336 e. The van der Waals surface area contributed by atoms with E-state index in [1.807, 2.05) is 6.92 Å². The standard InChI is InChI=1S/C15H18FN3O/c1-2-14(11-17)18-7-9-19(10-8-18)15(20)12-3-5-13(16)6-4-12/h3-6,14H,2,7-10H2,1H3. The Morgan fingerprint density at radius 2 is 1.90 bits per heavy atom. The van der Waals surface area contributed by atoms with E-state index in [1.54, 1.807) is 4.90 Å². The van der Waals surface area contributed by atoms with Gasteiger partial charge in [0.15, 0.2) is 0 Å². The summed E-state index contributed by atoms with van der Waals surface area (Å²) >= 11 is 0. The van der Waals surface area contributed by atoms with Gasteiger partial charge in [0.25, 0.3) is 5.91 Å². The van der Waals surface area contributed by atoms with Crippen LogP contribution in [0.5, 0.6) is 0 Å². The van der Waals surface area contributed by atoms with Gasteiger partial charge in [0.1, 0.15) is 5.82 Å². The van der Waals surface area contributed by atoms with Crippen LogP contribution in [-0.4, -0.2) is 47.9 Å². The second kappa shape index (κ2) is 6.49. The van der Waals surface area contributed by atoms with Gasteiger partial charge in [-0.25, -0.2) is 4.39 Å². The normalized spacial score (nSPS) is 17.6. The van der Waals surface area contributed by atoms with Crippen LogP contribution in [0.3, 0.4) is 0 Å². The largest absolute Gasteiger partial charge is 0.336 e. The van der Waals surface area contributed by atoms with E-state index in [-0.39, 0.29) is 17.8 Å². The number of nitrogens with zero attached hydrogens (tertiary/aromatic N) is 3. The molecule has 20 heavy (non-hydrogen) atoms. The summed E-state index contributed by atoms with van der Waals surface area (Å²) < 4.78 is 12.8. The summed E-state index contributed by atoms with van der Waals surface area (Å²) in [6, 6.07) is 7.82. The van der Waals surface area contributed by atoms with Gasteiger partial charge in [-0.1, -0.05) is 6.92 Å². The Balaban J connectivity index is 1.95. The van der Waals surface area contributed by atoms with Crippen LogP contribution < -0.4 is 0 Å². The zero-order valence-electron chi connectivity index (χ0n) is 11.6. The number of carbonyl (C=O) groups excluding carboxylic acids is 1. The van der Waals surface area contributed by atoms with E-state index in [0.717, 1.165) is 6.42 Å². The molecule has 106 valence electrons. The van der Waals surface area contributed by atoms with Crippen molar-refractivity contribution in [3.8, 4) is 6.07 Å². The first-order valence-corrected chi connectivity index (χ1v) is 6.84. The smallest absolute Gasteiger partial charge is 0.253 e. The second-order valence-corrected chi connectivity index (χ2v) is 4.89. The minimum atomic E-state index is -0.342. The molecule has 0 aromatic heterocycles. The van der Waals surface area contributed by atoms with Gasteiger partial charge in [0, 0.05) is 31.7 Å². The number of benzene rings is 1. The van der Waals surface area contributed by atoms with E-state index in [9.17, 15) is 9.18 Å². The van der Waals surface area contributed by atoms with E-state index in [4.69, 9.17) is 5.26 Å². The molecule has 1 atom stereocenters. The van der Waals surface area contributed by atoms with Crippen LogP contribution in [-0.2, 0) is 0 Å². The van der Waals surface area contributed by atoms with Crippen molar-refractivity contribution >= 4 is 5.91 Å². The van der Waals surface area contributed by atoms with Gasteiger partial charge in [0.2, 0.25) is 0 Å². The highest BCUT2D eigenvalue weighted by atomic mass is 19.1. The molecule has 0 N–H and O–H groups in total. The van der Waals surface area contributed by atoms with Gasteiger partial charge in [-0.05, 0) is 30.7 Å². The molecular weight excluding hydrogens is 257 g/mol. The van der Waals surface area contributed by atoms with Crippen LogP contribution in [0, 0.1) is 17.1 Å². The monoisotopic (exact) mass is 275 g/mol. The summed E-state index contributed by atoms with van der Waals surface area (Å²) in [4.78, 5) is 16.1. The first-order valence-electron chi connectivity index (χ1n) is 6.84. The maximum atomic E-state index is 12.8. The number of piperazine rings is 1. The molecule has 1 aliphatic heterocycles. The third-order valence-electron chi connectivity index (χ3n) is 3.67. The summed E-state index contributed by atoms with van der Waals surface area (Å²) in [6.07, 6.45) is 0.794. The highest BCUT2D eigenvalue weighted by Gasteiger charge is 2.25. The number of halogens is 1. The Morgan fingerprint density at radius 1 is 1.30 bits per heavy atom. The van der Waals surface area contributed by atoms with Crippen molar-refractivity contribution in [2.45, 2.75) is 19.4 Å². The minimum absolute atomic E-state index is 0.0712. The van der Waals surface area contributed by atoms with Crippen LogP contribution in [0.2, 0.25) is 0 Å². The quantitative estimate of drug-likeness (QED) is 0.846. The number of amides is 1. The van der Waals surface area contributed by atoms with Crippen molar-refractivity contribution < 1.29 is 9.18 Å². The zero-order valence-corrected chi connectivity index (χ0v) is 11.6. The average molecular weight is 275 g/mol. The molecule has 1 heterocycles. The first-order chi connectivity index (χ1) is 9.65. The molecule has 0 spiro atoms. The summed E-state index contributed by atoms with van der Waals surface area (Å²) in [5.41, 5.74) is 0.507. The topological polar surface area (TPSA) is 47.3 Å². The number of carbonyl (C=O) groups is 1. The molecular formula is C15H18FN3O. The molecule has 4 nitrogen and oxygen atoms in total. The van der Waals surface area contributed by atoms with Crippen molar-refractivity contribution in [3.63, 3.8) is 0 Å². The molecule has 0 saturated carbocycles. The molecule has 2 rings (SSSR count). The van der Waals surface area contributed by atoms with Gasteiger partial charge in [-0.2, -0.15) is 5.26 Å². The Labute approximate surface area is 118 Å². The van der Waals surface area contributed by atoms with E-state index < -0.39 is 0 Å². The average Bonchev–Trinajstić information content (AvgIpc) is 2.49. The highest BCUT2D eigenvalue weighted by molar-refractivity contribution is 5.94. The fourth-order valence-corrected chi connectivity index (χ4v) is 2.44. The fourth-order valence-electron chi connectivity index (χ4n) is 2.44. The first kappa shape index (κ1) is 14.5. The zero-order chi connectivity index (χ0) is 14.5. The van der Waals surface area contributed by atoms with Crippen LogP contribution in [0.25, 0.3) is 0 Å². The van der Waals surface area contributed by atoms with Crippen LogP contribution >= 0.6 is 0 Å². The van der Waals surface area contributed by atoms with Crippen LogP contribution in [0.1, 0.15) is 23.7 Å². The predicted octanol–water partition coefficient (Wildman–Crippen LogP) is 1.89. The number of nitriles is 1. The van der Waals surface area contributed by atoms with Crippen LogP contribution in [0.15, 0.2) is 24.3 Å². The second-order valence-electron chi connectivity index (χ2n) is 4.89. The highest BCUT2D eigenvalue weighted by Crippen LogP contribution is 2.12. The Morgan fingerprint density at radius 3 is 2.40 bits per heavy atom. The van der Waals surface area contributed by atoms with Crippen molar-refractivity contribution in [1.82, 2.24) is 9.80 Å². The Hall–Kier alpha value is -1.93. The molecule has 0 aliphatic carbocycles. The van der Waals surface area contributed by atoms with Crippen molar-refractivity contribution in [2.24, 2.45) is 0 Å². The molecule has 5 heteroatoms. The van der Waals surface area contributed by atoms with Gasteiger partial charge >= 0.3 is 0 Å². The van der Waals surface area contributed by atoms with Gasteiger partial charge in [-0.15, -0.1) is 0 Å². The Bertz CT molecular complexity index is 501. The van der Waals surface area contributed by atoms with E-state index >= 15 is 0 Å². The SMILES string of the molecule is CCC(C#N)N1CCN(C(=O)c2ccc(F)cc2)CC1. The van der Waals surface area contributed by atoms with E-state index in [2.05, 4.69) is 11.0 Å². The maximum absolute atomic E-state index is 12.8. The third kappa shape index (κ3) is 3.14. The van der Waals surface area contributed by atoms with Crippen molar-refractivity contribution in [2.75, 3.05) is 26.2 Å². The fraction of sp³-hybridized carbons (Fsp3) is 0.467. The van der Waals surface area contributed by atoms with E-state index in [1.165, 1.54) is 24.3 Å². The van der Waals surface area contributed by atoms with Crippen molar-refractivity contribution in [3.05, 3.63) is 35.6 Å². The molecule has 0 bridgehead atoms. The van der Waals surface area contributed by atoms with Crippen molar-refractivity contribution in [1.29, 1.82) is 5.26 Å². The third-order valence-corrected chi connectivity index (χ3v) is 3.67. The summed E-state index contributed by atoms with van der Waals surface area (Å²) in [5.74, 6) is -0.416. The lowest BCUT2D eigenvalue weighted by Crippen LogP contribution is -2.51. The Kier molecular flexibility index (Phi) is 4.70. The summed E-state index contributed by atoms with van der Waals surface area (Å²) in [6.45, 7) is 4.62. The number of hydrogen-bond donors (Lipinski definition) is 0. The predicted molar refractivity (Wildman–Crippen MR) is 73.6 cm³/mol. The molecule has 1 aromatic carbocycles. The van der Waals surface area contributed by atoms with Crippen LogP contribution in [0.4, 0.5) is 4.39 Å². The molecule has 1 unspecified atom stereocenters. The molecule has 1 aliphatic rings. The molecule has 1 amide bonds. The van der Waals surface area contributed by atoms with Gasteiger partial charge < -0.3 is 4.90 Å².